The number of imide groups is 1. The molecule has 0 saturated carbocycles. The lowest BCUT2D eigenvalue weighted by molar-refractivity contribution is -0.118. The van der Waals surface area contributed by atoms with Crippen molar-refractivity contribution in [3.63, 3.8) is 0 Å². The van der Waals surface area contributed by atoms with Crippen molar-refractivity contribution in [1.29, 1.82) is 0 Å². The average molecular weight is 334 g/mol. The van der Waals surface area contributed by atoms with Gasteiger partial charge < -0.3 is 4.90 Å². The number of aryl methyl sites for hydroxylation is 1. The molecule has 0 aliphatic carbocycles. The molecular formula is C20H18N2O3. The largest absolute Gasteiger partial charge is 0.312 e. The topological polar surface area (TPSA) is 57.7 Å². The zero-order valence-electron chi connectivity index (χ0n) is 14.0. The van der Waals surface area contributed by atoms with Crippen molar-refractivity contribution in [1.82, 2.24) is 4.90 Å². The van der Waals surface area contributed by atoms with Crippen LogP contribution in [0.2, 0.25) is 0 Å². The molecule has 2 aromatic carbocycles. The normalized spacial score (nSPS) is 15.6. The summed E-state index contributed by atoms with van der Waals surface area (Å²) in [4.78, 5) is 40.3. The lowest BCUT2D eigenvalue weighted by Gasteiger charge is -2.19. The molecule has 0 saturated heterocycles. The number of anilines is 1. The van der Waals surface area contributed by atoms with E-state index in [1.54, 1.807) is 29.2 Å². The van der Waals surface area contributed by atoms with Gasteiger partial charge in [0.05, 0.1) is 11.1 Å². The highest BCUT2D eigenvalue weighted by molar-refractivity contribution is 6.21. The molecule has 5 nitrogen and oxygen atoms in total. The van der Waals surface area contributed by atoms with Gasteiger partial charge in [-0.1, -0.05) is 29.8 Å². The fourth-order valence-electron chi connectivity index (χ4n) is 3.57. The molecule has 0 N–H and O–H groups in total. The number of carbonyl (C=O) groups excluding carboxylic acids is 3. The second-order valence-corrected chi connectivity index (χ2v) is 6.49. The zero-order valence-corrected chi connectivity index (χ0v) is 14.0. The summed E-state index contributed by atoms with van der Waals surface area (Å²) >= 11 is 0. The molecule has 126 valence electrons. The average Bonchev–Trinajstić information content (AvgIpc) is 3.13. The molecule has 4 rings (SSSR count). The highest BCUT2D eigenvalue weighted by Gasteiger charge is 2.35. The molecule has 2 aliphatic rings. The fraction of sp³-hybridized carbons (Fsp3) is 0.250. The summed E-state index contributed by atoms with van der Waals surface area (Å²) in [5.41, 5.74) is 4.13. The number of benzene rings is 2. The van der Waals surface area contributed by atoms with Crippen molar-refractivity contribution < 1.29 is 14.4 Å². The van der Waals surface area contributed by atoms with Crippen molar-refractivity contribution in [2.75, 3.05) is 18.0 Å². The molecule has 0 radical (unpaired) electrons. The Hall–Kier alpha value is -2.95. The van der Waals surface area contributed by atoms with E-state index < -0.39 is 0 Å². The summed E-state index contributed by atoms with van der Waals surface area (Å²) in [5, 5.41) is 0. The standard InChI is InChI=1S/C20H18N2O3/c1-13-6-7-17-14(12-13)8-10-21(17)18(23)9-11-22-19(24)15-4-2-3-5-16(15)20(22)25/h2-7,12H,8-11H2,1H3. The van der Waals surface area contributed by atoms with Gasteiger partial charge in [-0.25, -0.2) is 0 Å². The Morgan fingerprint density at radius 1 is 1.04 bits per heavy atom. The summed E-state index contributed by atoms with van der Waals surface area (Å²) < 4.78 is 0. The van der Waals surface area contributed by atoms with E-state index in [2.05, 4.69) is 6.07 Å². The molecule has 0 unspecified atom stereocenters. The number of fused-ring (bicyclic) bond motifs is 2. The summed E-state index contributed by atoms with van der Waals surface area (Å²) in [6.07, 6.45) is 0.981. The first-order valence-corrected chi connectivity index (χ1v) is 8.41. The van der Waals surface area contributed by atoms with Gasteiger partial charge in [-0.05, 0) is 37.1 Å². The Bertz CT molecular complexity index is 869. The van der Waals surface area contributed by atoms with Crippen LogP contribution in [0.15, 0.2) is 42.5 Å². The maximum atomic E-state index is 12.6. The van der Waals surface area contributed by atoms with Gasteiger partial charge in [0, 0.05) is 25.2 Å². The smallest absolute Gasteiger partial charge is 0.261 e. The maximum Gasteiger partial charge on any atom is 0.261 e. The van der Waals surface area contributed by atoms with Crippen molar-refractivity contribution in [3.05, 3.63) is 64.7 Å². The summed E-state index contributed by atoms with van der Waals surface area (Å²) in [7, 11) is 0. The van der Waals surface area contributed by atoms with Crippen LogP contribution in [-0.4, -0.2) is 35.7 Å². The molecule has 5 heteroatoms. The van der Waals surface area contributed by atoms with E-state index >= 15 is 0 Å². The number of hydrogen-bond donors (Lipinski definition) is 0. The van der Waals surface area contributed by atoms with Crippen LogP contribution in [0.4, 0.5) is 5.69 Å². The molecule has 3 amide bonds. The van der Waals surface area contributed by atoms with E-state index in [1.807, 2.05) is 19.1 Å². The zero-order chi connectivity index (χ0) is 17.6. The monoisotopic (exact) mass is 334 g/mol. The van der Waals surface area contributed by atoms with Gasteiger partial charge in [-0.2, -0.15) is 0 Å². The minimum Gasteiger partial charge on any atom is -0.312 e. The van der Waals surface area contributed by atoms with Crippen LogP contribution in [0.3, 0.4) is 0 Å². The third-order valence-corrected chi connectivity index (χ3v) is 4.86. The van der Waals surface area contributed by atoms with E-state index in [4.69, 9.17) is 0 Å². The minimum atomic E-state index is -0.314. The molecule has 25 heavy (non-hydrogen) atoms. The number of rotatable bonds is 3. The summed E-state index contributed by atoms with van der Waals surface area (Å²) in [6.45, 7) is 2.80. The molecule has 2 heterocycles. The van der Waals surface area contributed by atoms with E-state index in [-0.39, 0.29) is 30.7 Å². The second kappa shape index (κ2) is 5.84. The summed E-state index contributed by atoms with van der Waals surface area (Å²) in [5.74, 6) is -0.684. The van der Waals surface area contributed by atoms with Gasteiger partial charge in [0.25, 0.3) is 11.8 Å². The van der Waals surface area contributed by atoms with E-state index in [0.29, 0.717) is 17.7 Å². The van der Waals surface area contributed by atoms with E-state index in [0.717, 1.165) is 12.1 Å². The third kappa shape index (κ3) is 2.52. The maximum absolute atomic E-state index is 12.6. The van der Waals surface area contributed by atoms with Gasteiger partial charge in [-0.15, -0.1) is 0 Å². The Balaban J connectivity index is 1.46. The molecular weight excluding hydrogens is 316 g/mol. The predicted octanol–water partition coefficient (Wildman–Crippen LogP) is 2.57. The number of nitrogens with zero attached hydrogens (tertiary/aromatic N) is 2. The quantitative estimate of drug-likeness (QED) is 0.811. The fourth-order valence-corrected chi connectivity index (χ4v) is 3.57. The van der Waals surface area contributed by atoms with E-state index in [1.165, 1.54) is 16.0 Å². The van der Waals surface area contributed by atoms with Crippen LogP contribution in [0.1, 0.15) is 38.3 Å². The van der Waals surface area contributed by atoms with Gasteiger partial charge in [0.1, 0.15) is 0 Å². The second-order valence-electron chi connectivity index (χ2n) is 6.49. The van der Waals surface area contributed by atoms with Gasteiger partial charge >= 0.3 is 0 Å². The molecule has 0 atom stereocenters. The molecule has 0 spiro atoms. The van der Waals surface area contributed by atoms with Gasteiger partial charge in [0.15, 0.2) is 0 Å². The van der Waals surface area contributed by atoms with Crippen LogP contribution in [0.25, 0.3) is 0 Å². The highest BCUT2D eigenvalue weighted by atomic mass is 16.2. The first kappa shape index (κ1) is 15.6. The summed E-state index contributed by atoms with van der Waals surface area (Å²) in [6, 6.07) is 12.8. The first-order chi connectivity index (χ1) is 12.1. The van der Waals surface area contributed by atoms with Gasteiger partial charge in [0.2, 0.25) is 5.91 Å². The number of amides is 3. The Kier molecular flexibility index (Phi) is 3.64. The highest BCUT2D eigenvalue weighted by Crippen LogP contribution is 2.29. The first-order valence-electron chi connectivity index (χ1n) is 8.41. The lowest BCUT2D eigenvalue weighted by Crippen LogP contribution is -2.36. The van der Waals surface area contributed by atoms with Crippen LogP contribution in [0.5, 0.6) is 0 Å². The molecule has 2 aliphatic heterocycles. The number of carbonyl (C=O) groups is 3. The van der Waals surface area contributed by atoms with E-state index in [9.17, 15) is 14.4 Å². The molecule has 0 fully saturated rings. The third-order valence-electron chi connectivity index (χ3n) is 4.86. The van der Waals surface area contributed by atoms with Crippen LogP contribution in [-0.2, 0) is 11.2 Å². The molecule has 0 bridgehead atoms. The Morgan fingerprint density at radius 2 is 1.72 bits per heavy atom. The van der Waals surface area contributed by atoms with Crippen LogP contribution in [0, 0.1) is 6.92 Å². The van der Waals surface area contributed by atoms with Crippen LogP contribution >= 0.6 is 0 Å². The Morgan fingerprint density at radius 3 is 2.40 bits per heavy atom. The molecule has 0 aromatic heterocycles. The van der Waals surface area contributed by atoms with Crippen molar-refractivity contribution >= 4 is 23.4 Å². The van der Waals surface area contributed by atoms with Crippen molar-refractivity contribution in [2.24, 2.45) is 0 Å². The van der Waals surface area contributed by atoms with Gasteiger partial charge in [-0.3, -0.25) is 19.3 Å². The van der Waals surface area contributed by atoms with Crippen molar-refractivity contribution in [3.8, 4) is 0 Å². The Labute approximate surface area is 145 Å². The number of hydrogen-bond acceptors (Lipinski definition) is 3. The lowest BCUT2D eigenvalue weighted by atomic mass is 10.1. The van der Waals surface area contributed by atoms with Crippen LogP contribution < -0.4 is 4.90 Å². The predicted molar refractivity (Wildman–Crippen MR) is 93.7 cm³/mol. The van der Waals surface area contributed by atoms with Crippen molar-refractivity contribution in [2.45, 2.75) is 19.8 Å². The SMILES string of the molecule is Cc1ccc2c(c1)CCN2C(=O)CCN1C(=O)c2ccccc2C1=O. The molecule has 2 aromatic rings. The minimum absolute atomic E-state index is 0.0563.